The van der Waals surface area contributed by atoms with Crippen LogP contribution in [0.2, 0.25) is 0 Å². The third kappa shape index (κ3) is 3.12. The fraction of sp³-hybridized carbons (Fsp3) is 0.154. The Hall–Kier alpha value is -1.99. The van der Waals surface area contributed by atoms with E-state index in [4.69, 9.17) is 10.5 Å². The molecule has 0 radical (unpaired) electrons. The minimum atomic E-state index is -0.479. The molecular weight excluding hydrogens is 326 g/mol. The van der Waals surface area contributed by atoms with Crippen molar-refractivity contribution in [2.45, 2.75) is 13.5 Å². The molecule has 0 aliphatic heterocycles. The normalized spacial score (nSPS) is 10.3. The molecule has 0 bridgehead atoms. The number of pyridine rings is 1. The molecule has 104 valence electrons. The van der Waals surface area contributed by atoms with Crippen molar-refractivity contribution in [3.05, 3.63) is 56.3 Å². The van der Waals surface area contributed by atoms with Crippen molar-refractivity contribution < 1.29 is 9.66 Å². The van der Waals surface area contributed by atoms with Crippen LogP contribution in [0, 0.1) is 17.0 Å². The fourth-order valence-electron chi connectivity index (χ4n) is 1.73. The van der Waals surface area contributed by atoms with E-state index in [9.17, 15) is 10.1 Å². The monoisotopic (exact) mass is 337 g/mol. The van der Waals surface area contributed by atoms with Gasteiger partial charge in [0.25, 0.3) is 0 Å². The maximum Gasteiger partial charge on any atom is 0.312 e. The lowest BCUT2D eigenvalue weighted by molar-refractivity contribution is -0.385. The van der Waals surface area contributed by atoms with E-state index in [2.05, 4.69) is 20.9 Å². The van der Waals surface area contributed by atoms with Gasteiger partial charge in [-0.15, -0.1) is 0 Å². The van der Waals surface area contributed by atoms with Gasteiger partial charge in [-0.05, 0) is 30.2 Å². The molecular formula is C13H12BrN3O3. The molecule has 0 saturated carbocycles. The van der Waals surface area contributed by atoms with Crippen LogP contribution in [0.5, 0.6) is 11.5 Å². The Morgan fingerprint density at radius 3 is 2.80 bits per heavy atom. The molecule has 6 nitrogen and oxygen atoms in total. The van der Waals surface area contributed by atoms with Gasteiger partial charge in [0.1, 0.15) is 5.75 Å². The second-order valence-electron chi connectivity index (χ2n) is 4.16. The molecule has 1 aromatic heterocycles. The van der Waals surface area contributed by atoms with E-state index in [0.29, 0.717) is 22.3 Å². The Kier molecular flexibility index (Phi) is 4.31. The fourth-order valence-corrected chi connectivity index (χ4v) is 2.29. The number of nitrogens with two attached hydrogens (primary N) is 1. The van der Waals surface area contributed by atoms with Crippen molar-refractivity contribution >= 4 is 21.6 Å². The third-order valence-electron chi connectivity index (χ3n) is 2.64. The number of aromatic nitrogens is 1. The molecule has 0 aliphatic rings. The number of rotatable bonds is 4. The molecule has 1 aromatic carbocycles. The van der Waals surface area contributed by atoms with Gasteiger partial charge < -0.3 is 10.5 Å². The molecule has 0 unspecified atom stereocenters. The standard InChI is InChI=1S/C13H12BrN3O3/c1-8-2-10(14)4-12(17(18)19)13(8)20-11-3-9(5-15)6-16-7-11/h2-4,6-7H,5,15H2,1H3. The number of halogens is 1. The molecule has 0 saturated heterocycles. The number of nitrogens with zero attached hydrogens (tertiary/aromatic N) is 2. The van der Waals surface area contributed by atoms with Gasteiger partial charge in [-0.1, -0.05) is 15.9 Å². The molecule has 2 rings (SSSR count). The highest BCUT2D eigenvalue weighted by Crippen LogP contribution is 2.37. The second-order valence-corrected chi connectivity index (χ2v) is 5.08. The Labute approximate surface area is 123 Å². The number of ether oxygens (including phenoxy) is 1. The van der Waals surface area contributed by atoms with Crippen molar-refractivity contribution in [3.8, 4) is 11.5 Å². The van der Waals surface area contributed by atoms with Crippen LogP contribution in [0.4, 0.5) is 5.69 Å². The number of nitro benzene ring substituents is 1. The molecule has 0 amide bonds. The summed E-state index contributed by atoms with van der Waals surface area (Å²) in [4.78, 5) is 14.6. The van der Waals surface area contributed by atoms with Gasteiger partial charge >= 0.3 is 5.69 Å². The molecule has 1 heterocycles. The number of benzene rings is 1. The van der Waals surface area contributed by atoms with Crippen LogP contribution in [-0.4, -0.2) is 9.91 Å². The van der Waals surface area contributed by atoms with Gasteiger partial charge in [0.05, 0.1) is 11.1 Å². The highest BCUT2D eigenvalue weighted by atomic mass is 79.9. The Morgan fingerprint density at radius 2 is 2.15 bits per heavy atom. The maximum atomic E-state index is 11.1. The summed E-state index contributed by atoms with van der Waals surface area (Å²) >= 11 is 3.23. The Balaban J connectivity index is 2.44. The van der Waals surface area contributed by atoms with Gasteiger partial charge in [-0.25, -0.2) is 0 Å². The summed E-state index contributed by atoms with van der Waals surface area (Å²) in [5.41, 5.74) is 6.88. The van der Waals surface area contributed by atoms with E-state index < -0.39 is 4.92 Å². The van der Waals surface area contributed by atoms with Gasteiger partial charge in [0, 0.05) is 23.3 Å². The summed E-state index contributed by atoms with van der Waals surface area (Å²) in [5.74, 6) is 0.621. The van der Waals surface area contributed by atoms with Crippen molar-refractivity contribution in [1.82, 2.24) is 4.98 Å². The number of aryl methyl sites for hydroxylation is 1. The summed E-state index contributed by atoms with van der Waals surface area (Å²) in [6.07, 6.45) is 3.11. The van der Waals surface area contributed by atoms with Gasteiger partial charge in [-0.3, -0.25) is 15.1 Å². The van der Waals surface area contributed by atoms with Gasteiger partial charge in [0.15, 0.2) is 0 Å². The van der Waals surface area contributed by atoms with E-state index in [1.165, 1.54) is 12.3 Å². The topological polar surface area (TPSA) is 91.3 Å². The van der Waals surface area contributed by atoms with Crippen LogP contribution in [0.3, 0.4) is 0 Å². The highest BCUT2D eigenvalue weighted by Gasteiger charge is 2.19. The van der Waals surface area contributed by atoms with E-state index in [1.54, 1.807) is 25.3 Å². The summed E-state index contributed by atoms with van der Waals surface area (Å²) in [5, 5.41) is 11.1. The van der Waals surface area contributed by atoms with Crippen LogP contribution < -0.4 is 10.5 Å². The van der Waals surface area contributed by atoms with Gasteiger partial charge in [0.2, 0.25) is 5.75 Å². The van der Waals surface area contributed by atoms with Crippen molar-refractivity contribution in [1.29, 1.82) is 0 Å². The minimum Gasteiger partial charge on any atom is -0.448 e. The average molecular weight is 338 g/mol. The molecule has 2 aromatic rings. The molecule has 0 spiro atoms. The summed E-state index contributed by atoms with van der Waals surface area (Å²) in [7, 11) is 0. The predicted octanol–water partition coefficient (Wildman–Crippen LogP) is 3.31. The third-order valence-corrected chi connectivity index (χ3v) is 3.10. The number of nitro groups is 1. The summed E-state index contributed by atoms with van der Waals surface area (Å²) in [6, 6.07) is 4.86. The molecule has 7 heteroatoms. The lowest BCUT2D eigenvalue weighted by Crippen LogP contribution is -1.99. The lowest BCUT2D eigenvalue weighted by Gasteiger charge is -2.10. The Bertz CT molecular complexity index is 661. The van der Waals surface area contributed by atoms with Gasteiger partial charge in [-0.2, -0.15) is 0 Å². The van der Waals surface area contributed by atoms with Crippen molar-refractivity contribution in [2.24, 2.45) is 5.73 Å². The minimum absolute atomic E-state index is 0.102. The first-order valence-corrected chi connectivity index (χ1v) is 6.57. The lowest BCUT2D eigenvalue weighted by atomic mass is 10.2. The molecule has 0 fully saturated rings. The van der Waals surface area contributed by atoms with Crippen LogP contribution >= 0.6 is 15.9 Å². The first-order chi connectivity index (χ1) is 9.51. The second kappa shape index (κ2) is 5.98. The smallest absolute Gasteiger partial charge is 0.312 e. The maximum absolute atomic E-state index is 11.1. The predicted molar refractivity (Wildman–Crippen MR) is 77.7 cm³/mol. The first-order valence-electron chi connectivity index (χ1n) is 5.77. The SMILES string of the molecule is Cc1cc(Br)cc([N+](=O)[O-])c1Oc1cncc(CN)c1. The van der Waals surface area contributed by atoms with Crippen LogP contribution in [0.1, 0.15) is 11.1 Å². The van der Waals surface area contributed by atoms with Crippen LogP contribution in [0.25, 0.3) is 0 Å². The van der Waals surface area contributed by atoms with E-state index in [-0.39, 0.29) is 11.4 Å². The van der Waals surface area contributed by atoms with Crippen LogP contribution in [0.15, 0.2) is 35.1 Å². The number of hydrogen-bond donors (Lipinski definition) is 1. The average Bonchev–Trinajstić information content (AvgIpc) is 2.41. The summed E-state index contributed by atoms with van der Waals surface area (Å²) in [6.45, 7) is 2.07. The molecule has 0 atom stereocenters. The van der Waals surface area contributed by atoms with Crippen molar-refractivity contribution in [3.63, 3.8) is 0 Å². The van der Waals surface area contributed by atoms with Crippen LogP contribution in [-0.2, 0) is 6.54 Å². The quantitative estimate of drug-likeness (QED) is 0.682. The Morgan fingerprint density at radius 1 is 1.40 bits per heavy atom. The largest absolute Gasteiger partial charge is 0.448 e. The number of hydrogen-bond acceptors (Lipinski definition) is 5. The first kappa shape index (κ1) is 14.4. The molecule has 0 aliphatic carbocycles. The van der Waals surface area contributed by atoms with E-state index in [0.717, 1.165) is 5.56 Å². The highest BCUT2D eigenvalue weighted by molar-refractivity contribution is 9.10. The van der Waals surface area contributed by atoms with E-state index in [1.807, 2.05) is 0 Å². The van der Waals surface area contributed by atoms with E-state index >= 15 is 0 Å². The van der Waals surface area contributed by atoms with Crippen molar-refractivity contribution in [2.75, 3.05) is 0 Å². The molecule has 20 heavy (non-hydrogen) atoms. The zero-order valence-electron chi connectivity index (χ0n) is 10.7. The zero-order chi connectivity index (χ0) is 14.7. The molecule has 2 N–H and O–H groups in total. The summed E-state index contributed by atoms with van der Waals surface area (Å²) < 4.78 is 6.25. The zero-order valence-corrected chi connectivity index (χ0v) is 12.3.